The maximum atomic E-state index is 5.73. The fraction of sp³-hybridized carbons (Fsp3) is 0.333. The summed E-state index contributed by atoms with van der Waals surface area (Å²) in [5.74, 6) is 0.986. The molecule has 1 aliphatic rings. The monoisotopic (exact) mass is 244 g/mol. The van der Waals surface area contributed by atoms with Gasteiger partial charge in [-0.05, 0) is 41.9 Å². The van der Waals surface area contributed by atoms with Gasteiger partial charge < -0.3 is 4.74 Å². The highest BCUT2D eigenvalue weighted by molar-refractivity contribution is 9.11. The van der Waals surface area contributed by atoms with E-state index in [0.29, 0.717) is 0 Å². The Kier molecular flexibility index (Phi) is 1.81. The van der Waals surface area contributed by atoms with Crippen LogP contribution in [0.1, 0.15) is 18.7 Å². The molecule has 0 radical (unpaired) electrons. The Labute approximate surface area is 84.2 Å². The molecule has 0 spiro atoms. The lowest BCUT2D eigenvalue weighted by atomic mass is 10.1. The van der Waals surface area contributed by atoms with Gasteiger partial charge in [0.25, 0.3) is 0 Å². The molecule has 0 bridgehead atoms. The van der Waals surface area contributed by atoms with Crippen molar-refractivity contribution in [1.29, 1.82) is 0 Å². The predicted octanol–water partition coefficient (Wildman–Crippen LogP) is 3.69. The van der Waals surface area contributed by atoms with E-state index in [1.807, 2.05) is 6.07 Å². The molecule has 0 amide bonds. The van der Waals surface area contributed by atoms with Crippen molar-refractivity contribution in [1.82, 2.24) is 0 Å². The highest BCUT2D eigenvalue weighted by atomic mass is 79.9. The molecule has 0 aliphatic carbocycles. The van der Waals surface area contributed by atoms with Crippen molar-refractivity contribution in [2.45, 2.75) is 19.4 Å². The van der Waals surface area contributed by atoms with Crippen LogP contribution in [0.2, 0.25) is 0 Å². The van der Waals surface area contributed by atoms with Gasteiger partial charge in [0.2, 0.25) is 0 Å². The average molecular weight is 245 g/mol. The van der Waals surface area contributed by atoms with E-state index in [9.17, 15) is 0 Å². The van der Waals surface area contributed by atoms with Crippen molar-refractivity contribution < 1.29 is 4.74 Å². The lowest BCUT2D eigenvalue weighted by molar-refractivity contribution is 0.160. The second kappa shape index (κ2) is 2.60. The Balaban J connectivity index is 2.45. The number of fused-ring (bicyclic) bond motifs is 1. The summed E-state index contributed by atoms with van der Waals surface area (Å²) in [6.45, 7) is 4.11. The molecule has 0 N–H and O–H groups in total. The first kappa shape index (κ1) is 8.32. The van der Waals surface area contributed by atoms with Crippen LogP contribution in [-0.4, -0.2) is 5.60 Å². The molecule has 1 nitrogen and oxygen atoms in total. The van der Waals surface area contributed by atoms with Gasteiger partial charge in [-0.1, -0.05) is 0 Å². The van der Waals surface area contributed by atoms with Crippen LogP contribution in [0.3, 0.4) is 0 Å². The fourth-order valence-electron chi connectivity index (χ4n) is 1.15. The Hall–Kier alpha value is -0.280. The van der Waals surface area contributed by atoms with Crippen LogP contribution in [0, 0.1) is 0 Å². The van der Waals surface area contributed by atoms with Gasteiger partial charge in [-0.25, -0.2) is 0 Å². The van der Waals surface area contributed by atoms with Crippen LogP contribution < -0.4 is 4.74 Å². The molecule has 12 heavy (non-hydrogen) atoms. The van der Waals surface area contributed by atoms with E-state index in [2.05, 4.69) is 41.9 Å². The third-order valence-corrected chi connectivity index (χ3v) is 3.29. The first-order chi connectivity index (χ1) is 5.57. The Morgan fingerprint density at radius 3 is 3.00 bits per heavy atom. The topological polar surface area (TPSA) is 9.23 Å². The van der Waals surface area contributed by atoms with Gasteiger partial charge in [0, 0.05) is 6.07 Å². The number of thiophene rings is 1. The Bertz CT molecular complexity index is 338. The van der Waals surface area contributed by atoms with Crippen LogP contribution in [0.4, 0.5) is 0 Å². The molecule has 1 aliphatic heterocycles. The molecule has 2 rings (SSSR count). The average Bonchev–Trinajstić information content (AvgIpc) is 2.26. The Morgan fingerprint density at radius 1 is 1.50 bits per heavy atom. The van der Waals surface area contributed by atoms with Gasteiger partial charge in [0.1, 0.15) is 11.4 Å². The summed E-state index contributed by atoms with van der Waals surface area (Å²) in [4.78, 5) is 1.20. The molecule has 64 valence electrons. The van der Waals surface area contributed by atoms with Crippen molar-refractivity contribution >= 4 is 33.3 Å². The molecule has 2 heterocycles. The van der Waals surface area contributed by atoms with Gasteiger partial charge >= 0.3 is 0 Å². The van der Waals surface area contributed by atoms with Crippen molar-refractivity contribution in [3.63, 3.8) is 0 Å². The summed E-state index contributed by atoms with van der Waals surface area (Å²) in [5.41, 5.74) is -0.159. The highest BCUT2D eigenvalue weighted by Gasteiger charge is 2.22. The highest BCUT2D eigenvalue weighted by Crippen LogP contribution is 2.39. The Morgan fingerprint density at radius 2 is 2.25 bits per heavy atom. The lowest BCUT2D eigenvalue weighted by Crippen LogP contribution is -2.26. The van der Waals surface area contributed by atoms with Crippen molar-refractivity contribution in [3.8, 4) is 5.75 Å². The van der Waals surface area contributed by atoms with Crippen LogP contribution >= 0.6 is 27.3 Å². The zero-order chi connectivity index (χ0) is 8.77. The number of rotatable bonds is 0. The maximum absolute atomic E-state index is 5.73. The van der Waals surface area contributed by atoms with Crippen LogP contribution in [0.25, 0.3) is 6.08 Å². The summed E-state index contributed by atoms with van der Waals surface area (Å²) in [6, 6.07) is 2.02. The molecule has 1 aromatic heterocycles. The van der Waals surface area contributed by atoms with Crippen LogP contribution in [-0.2, 0) is 0 Å². The quantitative estimate of drug-likeness (QED) is 0.677. The van der Waals surface area contributed by atoms with Gasteiger partial charge in [0.05, 0.1) is 8.66 Å². The summed E-state index contributed by atoms with van der Waals surface area (Å²) in [6.07, 6.45) is 4.20. The smallest absolute Gasteiger partial charge is 0.139 e. The molecule has 0 saturated heterocycles. The van der Waals surface area contributed by atoms with Crippen LogP contribution in [0.15, 0.2) is 15.9 Å². The van der Waals surface area contributed by atoms with Gasteiger partial charge in [-0.15, -0.1) is 11.3 Å². The molecule has 1 aromatic rings. The van der Waals surface area contributed by atoms with Crippen molar-refractivity contribution in [3.05, 3.63) is 20.8 Å². The molecular formula is C9H9BrOS. The summed E-state index contributed by atoms with van der Waals surface area (Å²) < 4.78 is 6.85. The van der Waals surface area contributed by atoms with Crippen LogP contribution in [0.5, 0.6) is 5.75 Å². The van der Waals surface area contributed by atoms with E-state index in [0.717, 1.165) is 9.54 Å². The van der Waals surface area contributed by atoms with Gasteiger partial charge in [-0.2, -0.15) is 0 Å². The molecule has 0 aromatic carbocycles. The zero-order valence-electron chi connectivity index (χ0n) is 6.93. The minimum Gasteiger partial charge on any atom is -0.482 e. The van der Waals surface area contributed by atoms with Gasteiger partial charge in [0.15, 0.2) is 0 Å². The third kappa shape index (κ3) is 1.43. The number of ether oxygens (including phenoxy) is 1. The van der Waals surface area contributed by atoms with E-state index < -0.39 is 0 Å². The SMILES string of the molecule is CC1(C)C=Cc2sc(Br)cc2O1. The maximum Gasteiger partial charge on any atom is 0.139 e. The minimum atomic E-state index is -0.159. The zero-order valence-corrected chi connectivity index (χ0v) is 9.33. The second-order valence-electron chi connectivity index (χ2n) is 3.32. The summed E-state index contributed by atoms with van der Waals surface area (Å²) in [5, 5.41) is 0. The van der Waals surface area contributed by atoms with Gasteiger partial charge in [-0.3, -0.25) is 0 Å². The number of hydrogen-bond donors (Lipinski definition) is 0. The molecule has 3 heteroatoms. The molecule has 0 fully saturated rings. The fourth-order valence-corrected chi connectivity index (χ4v) is 2.59. The molecule has 0 unspecified atom stereocenters. The first-order valence-electron chi connectivity index (χ1n) is 3.74. The largest absolute Gasteiger partial charge is 0.482 e. The lowest BCUT2D eigenvalue weighted by Gasteiger charge is -2.25. The van der Waals surface area contributed by atoms with E-state index in [4.69, 9.17) is 4.74 Å². The number of halogens is 1. The second-order valence-corrected chi connectivity index (χ2v) is 5.78. The van der Waals surface area contributed by atoms with E-state index in [-0.39, 0.29) is 5.60 Å². The standard InChI is InChI=1S/C9H9BrOS/c1-9(2)4-3-7-6(11-9)5-8(10)12-7/h3-5H,1-2H3. The molecular weight excluding hydrogens is 236 g/mol. The van der Waals surface area contributed by atoms with Crippen molar-refractivity contribution in [2.75, 3.05) is 0 Å². The number of hydrogen-bond acceptors (Lipinski definition) is 2. The summed E-state index contributed by atoms with van der Waals surface area (Å²) in [7, 11) is 0. The normalized spacial score (nSPS) is 18.6. The van der Waals surface area contributed by atoms with Crippen molar-refractivity contribution in [2.24, 2.45) is 0 Å². The minimum absolute atomic E-state index is 0.159. The third-order valence-electron chi connectivity index (χ3n) is 1.70. The molecule has 0 saturated carbocycles. The predicted molar refractivity (Wildman–Crippen MR) is 55.8 cm³/mol. The molecule has 0 atom stereocenters. The summed E-state index contributed by atoms with van der Waals surface area (Å²) >= 11 is 5.13. The van der Waals surface area contributed by atoms with E-state index >= 15 is 0 Å². The first-order valence-corrected chi connectivity index (χ1v) is 5.35. The van der Waals surface area contributed by atoms with E-state index in [1.165, 1.54) is 4.88 Å². The van der Waals surface area contributed by atoms with E-state index in [1.54, 1.807) is 11.3 Å².